The fourth-order valence-corrected chi connectivity index (χ4v) is 5.35. The second kappa shape index (κ2) is 6.78. The molecule has 0 saturated carbocycles. The van der Waals surface area contributed by atoms with E-state index in [4.69, 9.17) is 0 Å². The maximum absolute atomic E-state index is 4.46. The summed E-state index contributed by atoms with van der Waals surface area (Å²) in [7, 11) is 0. The highest BCUT2D eigenvalue weighted by Crippen LogP contribution is 2.40. The lowest BCUT2D eigenvalue weighted by atomic mass is 9.89. The van der Waals surface area contributed by atoms with Crippen molar-refractivity contribution in [3.8, 4) is 0 Å². The van der Waals surface area contributed by atoms with Gasteiger partial charge in [-0.05, 0) is 114 Å². The number of allylic oxidation sites excluding steroid dienone is 6. The fourth-order valence-electron chi connectivity index (χ4n) is 5.35. The van der Waals surface area contributed by atoms with E-state index in [1.54, 1.807) is 11.1 Å². The van der Waals surface area contributed by atoms with Crippen molar-refractivity contribution in [3.05, 3.63) is 105 Å². The lowest BCUT2D eigenvalue weighted by Gasteiger charge is -2.16. The van der Waals surface area contributed by atoms with Gasteiger partial charge >= 0.3 is 0 Å². The zero-order valence-electron chi connectivity index (χ0n) is 17.1. The van der Waals surface area contributed by atoms with Gasteiger partial charge in [-0.2, -0.15) is 0 Å². The standard InChI is InChI=1S/C28H28/c1-18-7-4-8-19(2)28(18)20(3)13-23-11-6-12-27(23)26-16-24-14-21-9-5-10-22(21)15-25(24)17-26/h4,7-8,11-12,14-16H,3,5-6,9-10,13,17H2,1-2H3. The number of hydrogen-bond acceptors (Lipinski definition) is 0. The average molecular weight is 365 g/mol. The van der Waals surface area contributed by atoms with Gasteiger partial charge in [0.25, 0.3) is 0 Å². The third-order valence-electron chi connectivity index (χ3n) is 6.68. The Bertz CT molecular complexity index is 1070. The van der Waals surface area contributed by atoms with Crippen LogP contribution in [-0.4, -0.2) is 0 Å². The van der Waals surface area contributed by atoms with Crippen LogP contribution in [0, 0.1) is 13.8 Å². The van der Waals surface area contributed by atoms with Gasteiger partial charge in [0.05, 0.1) is 0 Å². The second-order valence-corrected chi connectivity index (χ2v) is 8.65. The minimum absolute atomic E-state index is 0.946. The highest BCUT2D eigenvalue weighted by atomic mass is 14.3. The molecule has 2 aromatic carbocycles. The van der Waals surface area contributed by atoms with Crippen LogP contribution in [0.25, 0.3) is 11.6 Å². The zero-order valence-corrected chi connectivity index (χ0v) is 17.1. The Labute approximate surface area is 169 Å². The molecule has 0 aromatic heterocycles. The maximum Gasteiger partial charge on any atom is -0.00136 e. The molecular formula is C28H28. The van der Waals surface area contributed by atoms with Gasteiger partial charge in [0, 0.05) is 0 Å². The Kier molecular flexibility index (Phi) is 4.23. The summed E-state index contributed by atoms with van der Waals surface area (Å²) in [5.74, 6) is 0. The summed E-state index contributed by atoms with van der Waals surface area (Å²) in [6.07, 6.45) is 14.2. The van der Waals surface area contributed by atoms with E-state index in [2.05, 4.69) is 69.0 Å². The molecule has 28 heavy (non-hydrogen) atoms. The van der Waals surface area contributed by atoms with E-state index < -0.39 is 0 Å². The summed E-state index contributed by atoms with van der Waals surface area (Å²) >= 11 is 0. The summed E-state index contributed by atoms with van der Waals surface area (Å²) < 4.78 is 0. The SMILES string of the molecule is C=C(CC1=CCC=C1C1=Cc2cc3c(cc2C1)CCC3)c1c(C)cccc1C. The molecule has 0 saturated heterocycles. The molecule has 0 fully saturated rings. The van der Waals surface area contributed by atoms with E-state index in [0.717, 1.165) is 19.3 Å². The highest BCUT2D eigenvalue weighted by molar-refractivity contribution is 5.77. The Balaban J connectivity index is 1.39. The lowest BCUT2D eigenvalue weighted by molar-refractivity contribution is 0.911. The molecule has 2 aromatic rings. The van der Waals surface area contributed by atoms with E-state index in [1.165, 1.54) is 69.4 Å². The molecule has 0 N–H and O–H groups in total. The Morgan fingerprint density at radius 3 is 2.50 bits per heavy atom. The monoisotopic (exact) mass is 364 g/mol. The van der Waals surface area contributed by atoms with Crippen LogP contribution < -0.4 is 0 Å². The summed E-state index contributed by atoms with van der Waals surface area (Å²) in [6, 6.07) is 11.5. The summed E-state index contributed by atoms with van der Waals surface area (Å²) in [6.45, 7) is 8.86. The molecular weight excluding hydrogens is 336 g/mol. The molecule has 0 unspecified atom stereocenters. The van der Waals surface area contributed by atoms with Crippen molar-refractivity contribution in [1.29, 1.82) is 0 Å². The van der Waals surface area contributed by atoms with Gasteiger partial charge in [-0.15, -0.1) is 0 Å². The zero-order chi connectivity index (χ0) is 19.3. The van der Waals surface area contributed by atoms with Crippen molar-refractivity contribution < 1.29 is 0 Å². The summed E-state index contributed by atoms with van der Waals surface area (Å²) in [4.78, 5) is 0. The van der Waals surface area contributed by atoms with Crippen LogP contribution in [0.2, 0.25) is 0 Å². The van der Waals surface area contributed by atoms with Crippen LogP contribution in [-0.2, 0) is 19.3 Å². The van der Waals surface area contributed by atoms with Gasteiger partial charge in [0.15, 0.2) is 0 Å². The van der Waals surface area contributed by atoms with Gasteiger partial charge in [0.1, 0.15) is 0 Å². The molecule has 0 heteroatoms. The van der Waals surface area contributed by atoms with Gasteiger partial charge in [0.2, 0.25) is 0 Å². The van der Waals surface area contributed by atoms with Crippen molar-refractivity contribution in [2.24, 2.45) is 0 Å². The first-order valence-corrected chi connectivity index (χ1v) is 10.6. The molecule has 0 spiro atoms. The van der Waals surface area contributed by atoms with Crippen molar-refractivity contribution >= 4 is 11.6 Å². The predicted octanol–water partition coefficient (Wildman–Crippen LogP) is 7.09. The maximum atomic E-state index is 4.46. The highest BCUT2D eigenvalue weighted by Gasteiger charge is 2.23. The molecule has 0 aliphatic heterocycles. The van der Waals surface area contributed by atoms with E-state index >= 15 is 0 Å². The van der Waals surface area contributed by atoms with Crippen molar-refractivity contribution in [2.45, 2.75) is 52.4 Å². The molecule has 0 amide bonds. The van der Waals surface area contributed by atoms with Crippen LogP contribution in [0.1, 0.15) is 58.2 Å². The first-order valence-electron chi connectivity index (χ1n) is 10.6. The topological polar surface area (TPSA) is 0 Å². The molecule has 3 aliphatic carbocycles. The van der Waals surface area contributed by atoms with Crippen molar-refractivity contribution in [1.82, 2.24) is 0 Å². The number of hydrogen-bond donors (Lipinski definition) is 0. The van der Waals surface area contributed by atoms with Crippen LogP contribution in [0.3, 0.4) is 0 Å². The van der Waals surface area contributed by atoms with Crippen LogP contribution in [0.4, 0.5) is 0 Å². The van der Waals surface area contributed by atoms with Crippen LogP contribution in [0.5, 0.6) is 0 Å². The van der Waals surface area contributed by atoms with Crippen LogP contribution >= 0.6 is 0 Å². The van der Waals surface area contributed by atoms with Crippen LogP contribution in [0.15, 0.2) is 65.8 Å². The van der Waals surface area contributed by atoms with E-state index in [1.807, 2.05) is 0 Å². The van der Waals surface area contributed by atoms with Gasteiger partial charge < -0.3 is 0 Å². The van der Waals surface area contributed by atoms with Gasteiger partial charge in [-0.25, -0.2) is 0 Å². The molecule has 0 bridgehead atoms. The first kappa shape index (κ1) is 17.5. The molecule has 0 radical (unpaired) electrons. The molecule has 3 aliphatic rings. The second-order valence-electron chi connectivity index (χ2n) is 8.65. The first-order chi connectivity index (χ1) is 13.6. The Morgan fingerprint density at radius 1 is 0.964 bits per heavy atom. The van der Waals surface area contributed by atoms with E-state index in [-0.39, 0.29) is 0 Å². The summed E-state index contributed by atoms with van der Waals surface area (Å²) in [5.41, 5.74) is 15.8. The number of aryl methyl sites for hydroxylation is 4. The third kappa shape index (κ3) is 2.92. The number of rotatable bonds is 4. The average Bonchev–Trinajstić information content (AvgIpc) is 3.37. The van der Waals surface area contributed by atoms with Crippen molar-refractivity contribution in [3.63, 3.8) is 0 Å². The molecule has 140 valence electrons. The number of fused-ring (bicyclic) bond motifs is 2. The fraction of sp³-hybridized carbons (Fsp3) is 0.286. The summed E-state index contributed by atoms with van der Waals surface area (Å²) in [5, 5.41) is 0. The quantitative estimate of drug-likeness (QED) is 0.543. The molecule has 0 atom stereocenters. The Morgan fingerprint density at radius 2 is 1.71 bits per heavy atom. The smallest absolute Gasteiger partial charge is 0.00136 e. The molecule has 5 rings (SSSR count). The lowest BCUT2D eigenvalue weighted by Crippen LogP contribution is -1.97. The molecule has 0 heterocycles. The van der Waals surface area contributed by atoms with E-state index in [9.17, 15) is 0 Å². The normalized spacial score (nSPS) is 17.1. The third-order valence-corrected chi connectivity index (χ3v) is 6.68. The number of benzene rings is 2. The largest absolute Gasteiger partial charge is 0.0949 e. The minimum Gasteiger partial charge on any atom is -0.0949 e. The Hall–Kier alpha value is -2.60. The van der Waals surface area contributed by atoms with Gasteiger partial charge in [-0.1, -0.05) is 55.1 Å². The van der Waals surface area contributed by atoms with Gasteiger partial charge in [-0.3, -0.25) is 0 Å². The van der Waals surface area contributed by atoms with Crippen molar-refractivity contribution in [2.75, 3.05) is 0 Å². The minimum atomic E-state index is 0.946. The van der Waals surface area contributed by atoms with E-state index in [0.29, 0.717) is 0 Å². The molecule has 0 nitrogen and oxygen atoms in total. The predicted molar refractivity (Wildman–Crippen MR) is 120 cm³/mol.